The Kier molecular flexibility index (Phi) is 7.47. The molecule has 59 heavy (non-hydrogen) atoms. The molecule has 8 aromatic carbocycles. The number of pyridine rings is 2. The first-order valence-corrected chi connectivity index (χ1v) is 19.9. The first-order chi connectivity index (χ1) is 29.2. The zero-order chi connectivity index (χ0) is 38.9. The molecule has 0 radical (unpaired) electrons. The normalized spacial score (nSPS) is 11.7. The number of imidazole rings is 2. The number of fused-ring (bicyclic) bond motifs is 12. The molecule has 0 aliphatic carbocycles. The fourth-order valence-electron chi connectivity index (χ4n) is 8.98. The van der Waals surface area contributed by atoms with E-state index in [4.69, 9.17) is 14.7 Å². The summed E-state index contributed by atoms with van der Waals surface area (Å²) in [5, 5.41) is 6.60. The molecule has 5 heteroatoms. The van der Waals surface area contributed by atoms with Crippen molar-refractivity contribution in [1.29, 1.82) is 0 Å². The predicted molar refractivity (Wildman–Crippen MR) is 242 cm³/mol. The minimum atomic E-state index is 0.740. The molecule has 0 atom stereocenters. The van der Waals surface area contributed by atoms with E-state index in [0.717, 1.165) is 66.1 Å². The predicted octanol–water partition coefficient (Wildman–Crippen LogP) is 14.1. The van der Waals surface area contributed by atoms with Gasteiger partial charge in [-0.2, -0.15) is 0 Å². The van der Waals surface area contributed by atoms with Gasteiger partial charge >= 0.3 is 0 Å². The molecule has 0 aliphatic rings. The summed E-state index contributed by atoms with van der Waals surface area (Å²) in [6.07, 6.45) is 7.86. The molecule has 0 bridgehead atoms. The van der Waals surface area contributed by atoms with Gasteiger partial charge < -0.3 is 4.74 Å². The molecule has 4 heterocycles. The van der Waals surface area contributed by atoms with Crippen molar-refractivity contribution in [1.82, 2.24) is 18.8 Å². The second-order valence-electron chi connectivity index (χ2n) is 15.1. The monoisotopic (exact) mass is 754 g/mol. The maximum Gasteiger partial charge on any atom is 0.145 e. The highest BCUT2D eigenvalue weighted by molar-refractivity contribution is 6.16. The van der Waals surface area contributed by atoms with Crippen molar-refractivity contribution in [3.63, 3.8) is 0 Å². The maximum absolute atomic E-state index is 6.74. The molecule has 12 aromatic rings. The average molecular weight is 755 g/mol. The Morgan fingerprint density at radius 2 is 0.678 bits per heavy atom. The van der Waals surface area contributed by atoms with Crippen molar-refractivity contribution >= 4 is 54.6 Å². The molecule has 4 aromatic heterocycles. The van der Waals surface area contributed by atoms with Crippen molar-refractivity contribution in [2.45, 2.75) is 0 Å². The van der Waals surface area contributed by atoms with E-state index in [-0.39, 0.29) is 0 Å². The van der Waals surface area contributed by atoms with Gasteiger partial charge in [-0.15, -0.1) is 0 Å². The SMILES string of the molecule is c1ccc(-c2cc3c4ccc(Oc5ccc6c7cc(-c8ccccc8)c(-c8ccccc8)cc7n7ccnc7c6c5)cc4c4nccn4c3cc2-c2ccccc2)cc1. The number of benzene rings is 8. The van der Waals surface area contributed by atoms with Gasteiger partial charge in [0.1, 0.15) is 22.8 Å². The van der Waals surface area contributed by atoms with E-state index in [2.05, 4.69) is 203 Å². The molecule has 0 aliphatic heterocycles. The summed E-state index contributed by atoms with van der Waals surface area (Å²) in [5.74, 6) is 1.48. The van der Waals surface area contributed by atoms with Crippen LogP contribution < -0.4 is 4.74 Å². The highest BCUT2D eigenvalue weighted by Gasteiger charge is 2.18. The molecule has 0 unspecified atom stereocenters. The van der Waals surface area contributed by atoms with Crippen LogP contribution in [0.15, 0.2) is 207 Å². The van der Waals surface area contributed by atoms with E-state index in [0.29, 0.717) is 0 Å². The Balaban J connectivity index is 1.01. The van der Waals surface area contributed by atoms with Crippen LogP contribution in [0.25, 0.3) is 99.2 Å². The van der Waals surface area contributed by atoms with E-state index in [1.165, 1.54) is 44.5 Å². The van der Waals surface area contributed by atoms with Gasteiger partial charge in [-0.3, -0.25) is 8.80 Å². The van der Waals surface area contributed by atoms with Crippen LogP contribution in [0.5, 0.6) is 11.5 Å². The molecule has 0 saturated carbocycles. The molecule has 0 spiro atoms. The van der Waals surface area contributed by atoms with Gasteiger partial charge in [-0.25, -0.2) is 9.97 Å². The number of hydrogen-bond acceptors (Lipinski definition) is 3. The van der Waals surface area contributed by atoms with Gasteiger partial charge in [-0.1, -0.05) is 121 Å². The summed E-state index contributed by atoms with van der Waals surface area (Å²) in [6, 6.07) is 64.6. The lowest BCUT2D eigenvalue weighted by Gasteiger charge is -2.17. The van der Waals surface area contributed by atoms with Crippen LogP contribution in [0.3, 0.4) is 0 Å². The first-order valence-electron chi connectivity index (χ1n) is 19.9. The summed E-state index contributed by atoms with van der Waals surface area (Å²) >= 11 is 0. The third-order valence-corrected chi connectivity index (χ3v) is 11.7. The molecule has 0 fully saturated rings. The molecule has 0 amide bonds. The van der Waals surface area contributed by atoms with Crippen LogP contribution >= 0.6 is 0 Å². The second-order valence-corrected chi connectivity index (χ2v) is 15.1. The van der Waals surface area contributed by atoms with Gasteiger partial charge in [0, 0.05) is 46.3 Å². The van der Waals surface area contributed by atoms with Crippen molar-refractivity contribution in [2.24, 2.45) is 0 Å². The Bertz CT molecular complexity index is 3320. The average Bonchev–Trinajstić information content (AvgIpc) is 4.02. The molecular weight excluding hydrogens is 721 g/mol. The Hall–Kier alpha value is -8.02. The number of rotatable bonds is 6. The summed E-state index contributed by atoms with van der Waals surface area (Å²) in [7, 11) is 0. The quantitative estimate of drug-likeness (QED) is 0.159. The van der Waals surface area contributed by atoms with Gasteiger partial charge in [0.15, 0.2) is 0 Å². The molecule has 0 N–H and O–H groups in total. The number of aromatic nitrogens is 4. The topological polar surface area (TPSA) is 43.8 Å². The smallest absolute Gasteiger partial charge is 0.145 e. The van der Waals surface area contributed by atoms with Crippen LogP contribution in [-0.2, 0) is 0 Å². The standard InChI is InChI=1S/C54H34N4O/c1-5-13-35(14-6-1)43-31-47-41-23-21-39(29-49(41)53-55-25-27-57(53)51(47)33-45(43)37-17-9-3-10-18-37)59-40-22-24-42-48-32-44(36-15-7-2-8-16-36)46(38-19-11-4-12-20-38)34-52(48)58-28-26-56-54(58)50(42)30-40/h1-34H. The van der Waals surface area contributed by atoms with Gasteiger partial charge in [0.05, 0.1) is 11.0 Å². The summed E-state index contributed by atoms with van der Waals surface area (Å²) < 4.78 is 11.1. The highest BCUT2D eigenvalue weighted by atomic mass is 16.5. The summed E-state index contributed by atoms with van der Waals surface area (Å²) in [4.78, 5) is 9.75. The number of ether oxygens (including phenoxy) is 1. The fraction of sp³-hybridized carbons (Fsp3) is 0. The molecule has 0 saturated heterocycles. The first kappa shape index (κ1) is 33.2. The van der Waals surface area contributed by atoms with Crippen LogP contribution in [0.2, 0.25) is 0 Å². The Labute approximate surface area is 339 Å². The molecule has 276 valence electrons. The lowest BCUT2D eigenvalue weighted by molar-refractivity contribution is 0.484. The van der Waals surface area contributed by atoms with Gasteiger partial charge in [-0.05, 0) is 116 Å². The zero-order valence-corrected chi connectivity index (χ0v) is 31.8. The third-order valence-electron chi connectivity index (χ3n) is 11.7. The van der Waals surface area contributed by atoms with E-state index >= 15 is 0 Å². The van der Waals surface area contributed by atoms with E-state index in [9.17, 15) is 0 Å². The van der Waals surface area contributed by atoms with Gasteiger partial charge in [0.25, 0.3) is 0 Å². The van der Waals surface area contributed by atoms with E-state index < -0.39 is 0 Å². The minimum Gasteiger partial charge on any atom is -0.457 e. The highest BCUT2D eigenvalue weighted by Crippen LogP contribution is 2.42. The zero-order valence-electron chi connectivity index (χ0n) is 31.8. The van der Waals surface area contributed by atoms with Crippen molar-refractivity contribution in [3.05, 3.63) is 207 Å². The van der Waals surface area contributed by atoms with E-state index in [1.807, 2.05) is 12.4 Å². The molecule has 12 rings (SSSR count). The fourth-order valence-corrected chi connectivity index (χ4v) is 8.98. The molecular formula is C54H34N4O. The second kappa shape index (κ2) is 13.3. The lowest BCUT2D eigenvalue weighted by atomic mass is 9.91. The largest absolute Gasteiger partial charge is 0.457 e. The van der Waals surface area contributed by atoms with Gasteiger partial charge in [0.2, 0.25) is 0 Å². The Morgan fingerprint density at radius 1 is 0.322 bits per heavy atom. The minimum absolute atomic E-state index is 0.740. The number of hydrogen-bond donors (Lipinski definition) is 0. The van der Waals surface area contributed by atoms with Crippen LogP contribution in [0.1, 0.15) is 0 Å². The van der Waals surface area contributed by atoms with Crippen LogP contribution in [-0.4, -0.2) is 18.8 Å². The lowest BCUT2D eigenvalue weighted by Crippen LogP contribution is -1.95. The van der Waals surface area contributed by atoms with Crippen molar-refractivity contribution in [3.8, 4) is 56.0 Å². The van der Waals surface area contributed by atoms with E-state index in [1.54, 1.807) is 0 Å². The van der Waals surface area contributed by atoms with Crippen LogP contribution in [0.4, 0.5) is 0 Å². The third kappa shape index (κ3) is 5.40. The van der Waals surface area contributed by atoms with Crippen molar-refractivity contribution in [2.75, 3.05) is 0 Å². The van der Waals surface area contributed by atoms with Crippen molar-refractivity contribution < 1.29 is 4.74 Å². The summed E-state index contributed by atoms with van der Waals surface area (Å²) in [5.41, 5.74) is 13.4. The Morgan fingerprint density at radius 3 is 1.05 bits per heavy atom. The number of nitrogens with zero attached hydrogens (tertiary/aromatic N) is 4. The maximum atomic E-state index is 6.74. The summed E-state index contributed by atoms with van der Waals surface area (Å²) in [6.45, 7) is 0. The molecule has 5 nitrogen and oxygen atoms in total. The van der Waals surface area contributed by atoms with Crippen LogP contribution in [0, 0.1) is 0 Å².